The van der Waals surface area contributed by atoms with Crippen LogP contribution in [0, 0.1) is 0 Å². The van der Waals surface area contributed by atoms with Crippen molar-refractivity contribution in [2.24, 2.45) is 0 Å². The van der Waals surface area contributed by atoms with E-state index in [1.54, 1.807) is 42.5 Å². The predicted molar refractivity (Wildman–Crippen MR) is 132 cm³/mol. The Kier molecular flexibility index (Phi) is 7.01. The first-order chi connectivity index (χ1) is 17.7. The Bertz CT molecular complexity index is 1370. The zero-order chi connectivity index (χ0) is 26.2. The van der Waals surface area contributed by atoms with Gasteiger partial charge in [-0.25, -0.2) is 12.9 Å². The predicted octanol–water partition coefficient (Wildman–Crippen LogP) is 4.94. The summed E-state index contributed by atoms with van der Waals surface area (Å²) < 4.78 is 70.3. The molecule has 3 aromatic rings. The molecule has 0 bridgehead atoms. The molecule has 0 spiro atoms. The summed E-state index contributed by atoms with van der Waals surface area (Å²) in [5.41, 5.74) is -0.649. The quantitative estimate of drug-likeness (QED) is 0.475. The van der Waals surface area contributed by atoms with Crippen molar-refractivity contribution in [2.75, 3.05) is 26.2 Å². The summed E-state index contributed by atoms with van der Waals surface area (Å²) in [6.07, 6.45) is 1.19. The number of alkyl halides is 3. The van der Waals surface area contributed by atoms with Crippen molar-refractivity contribution in [3.8, 4) is 0 Å². The van der Waals surface area contributed by atoms with Gasteiger partial charge in [0.25, 0.3) is 5.91 Å². The molecule has 2 aromatic heterocycles. The molecule has 2 saturated heterocycles. The summed E-state index contributed by atoms with van der Waals surface area (Å²) in [6.45, 7) is 1.47. The molecule has 11 heteroatoms. The summed E-state index contributed by atoms with van der Waals surface area (Å²) in [7, 11) is -3.60. The molecule has 1 amide bonds. The Morgan fingerprint density at radius 3 is 2.19 bits per heavy atom. The van der Waals surface area contributed by atoms with Gasteiger partial charge in [-0.3, -0.25) is 4.79 Å². The van der Waals surface area contributed by atoms with Crippen LogP contribution in [0.15, 0.2) is 53.6 Å². The number of fused-ring (bicyclic) bond motifs is 1. The molecule has 0 radical (unpaired) electrons. The van der Waals surface area contributed by atoms with E-state index in [1.807, 2.05) is 0 Å². The maximum Gasteiger partial charge on any atom is 0.436 e. The lowest BCUT2D eigenvalue weighted by atomic mass is 9.90. The van der Waals surface area contributed by atoms with Crippen molar-refractivity contribution in [1.82, 2.24) is 18.8 Å². The summed E-state index contributed by atoms with van der Waals surface area (Å²) in [6, 6.07) is 11.6. The number of amides is 1. The molecule has 0 aliphatic carbocycles. The number of hydrogen-bond acceptors (Lipinski definition) is 4. The van der Waals surface area contributed by atoms with Crippen LogP contribution in [-0.2, 0) is 16.2 Å². The second-order valence-electron chi connectivity index (χ2n) is 9.71. The minimum Gasteiger partial charge on any atom is -0.339 e. The van der Waals surface area contributed by atoms with E-state index < -0.39 is 33.4 Å². The number of nitrogens with zero attached hydrogens (tertiary/aromatic N) is 4. The van der Waals surface area contributed by atoms with Crippen LogP contribution < -0.4 is 0 Å². The van der Waals surface area contributed by atoms with E-state index in [0.717, 1.165) is 35.8 Å². The standard InChI is InChI=1S/C26H29F3N4O3S/c27-26(28,29)24-23(25(34)31-13-6-1-2-7-14-31)22-18-20(12-17-33(22)30-24)19-10-15-32(16-11-19)37(35,36)21-8-4-3-5-9-21/h3-5,8-9,12,17-19H,1-2,6-7,10-11,13-16H2. The average molecular weight is 535 g/mol. The van der Waals surface area contributed by atoms with E-state index in [-0.39, 0.29) is 16.3 Å². The second kappa shape index (κ2) is 10.1. The van der Waals surface area contributed by atoms with Crippen molar-refractivity contribution >= 4 is 21.4 Å². The molecular weight excluding hydrogens is 505 g/mol. The highest BCUT2D eigenvalue weighted by Crippen LogP contribution is 2.36. The summed E-state index contributed by atoms with van der Waals surface area (Å²) in [5.74, 6) is -0.678. The number of piperidine rings is 1. The zero-order valence-electron chi connectivity index (χ0n) is 20.3. The molecule has 1 aromatic carbocycles. The Balaban J connectivity index is 1.43. The Labute approximate surface area is 213 Å². The maximum atomic E-state index is 13.9. The molecule has 0 saturated carbocycles. The first-order valence-corrected chi connectivity index (χ1v) is 14.0. The van der Waals surface area contributed by atoms with Gasteiger partial charge in [-0.15, -0.1) is 0 Å². The number of sulfonamides is 1. The van der Waals surface area contributed by atoms with Crippen LogP contribution in [0.3, 0.4) is 0 Å². The molecule has 4 heterocycles. The van der Waals surface area contributed by atoms with E-state index in [4.69, 9.17) is 0 Å². The molecule has 0 unspecified atom stereocenters. The highest BCUT2D eigenvalue weighted by molar-refractivity contribution is 7.89. The SMILES string of the molecule is O=C(c1c(C(F)(F)F)nn2ccc(C3CCN(S(=O)(=O)c4ccccc4)CC3)cc12)N1CCCCCC1. The van der Waals surface area contributed by atoms with E-state index in [0.29, 0.717) is 39.0 Å². The number of hydrogen-bond donors (Lipinski definition) is 0. The number of halogens is 3. The smallest absolute Gasteiger partial charge is 0.339 e. The lowest BCUT2D eigenvalue weighted by molar-refractivity contribution is -0.141. The number of likely N-dealkylation sites (tertiary alicyclic amines) is 1. The van der Waals surface area contributed by atoms with E-state index in [9.17, 15) is 26.4 Å². The van der Waals surface area contributed by atoms with Crippen LogP contribution in [0.1, 0.15) is 66.1 Å². The molecule has 5 rings (SSSR count). The van der Waals surface area contributed by atoms with Crippen LogP contribution in [-0.4, -0.2) is 59.3 Å². The van der Waals surface area contributed by atoms with Crippen LogP contribution >= 0.6 is 0 Å². The minimum atomic E-state index is -4.76. The monoisotopic (exact) mass is 534 g/mol. The number of carbonyl (C=O) groups excluding carboxylic acids is 1. The third-order valence-electron chi connectivity index (χ3n) is 7.34. The number of pyridine rings is 1. The Hall–Kier alpha value is -2.92. The van der Waals surface area contributed by atoms with Gasteiger partial charge in [-0.1, -0.05) is 31.0 Å². The minimum absolute atomic E-state index is 0.0439. The molecule has 7 nitrogen and oxygen atoms in total. The van der Waals surface area contributed by atoms with Crippen LogP contribution in [0.2, 0.25) is 0 Å². The number of benzene rings is 1. The zero-order valence-corrected chi connectivity index (χ0v) is 21.1. The third kappa shape index (κ3) is 5.11. The number of aromatic nitrogens is 2. The fourth-order valence-electron chi connectivity index (χ4n) is 5.33. The van der Waals surface area contributed by atoms with Crippen molar-refractivity contribution in [1.29, 1.82) is 0 Å². The van der Waals surface area contributed by atoms with E-state index in [1.165, 1.54) is 15.4 Å². The maximum absolute atomic E-state index is 13.9. The molecule has 0 N–H and O–H groups in total. The number of rotatable bonds is 4. The van der Waals surface area contributed by atoms with Gasteiger partial charge in [0.05, 0.1) is 16.0 Å². The van der Waals surface area contributed by atoms with Gasteiger partial charge in [0, 0.05) is 32.4 Å². The van der Waals surface area contributed by atoms with Gasteiger partial charge in [0.1, 0.15) is 0 Å². The normalized spacial score (nSPS) is 18.7. The molecule has 0 atom stereocenters. The van der Waals surface area contributed by atoms with Crippen molar-refractivity contribution < 1.29 is 26.4 Å². The van der Waals surface area contributed by atoms with Crippen molar-refractivity contribution in [2.45, 2.75) is 55.5 Å². The Morgan fingerprint density at radius 1 is 0.919 bits per heavy atom. The Morgan fingerprint density at radius 2 is 1.57 bits per heavy atom. The fraction of sp³-hybridized carbons (Fsp3) is 0.462. The third-order valence-corrected chi connectivity index (χ3v) is 9.25. The van der Waals surface area contributed by atoms with Crippen LogP contribution in [0.4, 0.5) is 13.2 Å². The first kappa shape index (κ1) is 25.7. The lowest BCUT2D eigenvalue weighted by Crippen LogP contribution is -2.37. The van der Waals surface area contributed by atoms with Gasteiger partial charge in [-0.2, -0.15) is 22.6 Å². The molecule has 2 aliphatic heterocycles. The topological polar surface area (TPSA) is 75.0 Å². The van der Waals surface area contributed by atoms with E-state index >= 15 is 0 Å². The largest absolute Gasteiger partial charge is 0.436 e. The molecule has 2 fully saturated rings. The van der Waals surface area contributed by atoms with Crippen molar-refractivity contribution in [3.63, 3.8) is 0 Å². The summed E-state index contributed by atoms with van der Waals surface area (Å²) in [4.78, 5) is 15.1. The fourth-order valence-corrected chi connectivity index (χ4v) is 6.82. The highest BCUT2D eigenvalue weighted by atomic mass is 32.2. The summed E-state index contributed by atoms with van der Waals surface area (Å²) >= 11 is 0. The second-order valence-corrected chi connectivity index (χ2v) is 11.6. The molecule has 37 heavy (non-hydrogen) atoms. The van der Waals surface area contributed by atoms with Crippen LogP contribution in [0.25, 0.3) is 5.52 Å². The summed E-state index contributed by atoms with van der Waals surface area (Å²) in [5, 5.41) is 3.74. The average Bonchev–Trinajstić information content (AvgIpc) is 3.08. The first-order valence-electron chi connectivity index (χ1n) is 12.6. The van der Waals surface area contributed by atoms with Gasteiger partial charge in [0.2, 0.25) is 10.0 Å². The lowest BCUT2D eigenvalue weighted by Gasteiger charge is -2.31. The van der Waals surface area contributed by atoms with Gasteiger partial charge >= 0.3 is 6.18 Å². The van der Waals surface area contributed by atoms with Gasteiger partial charge in [-0.05, 0) is 61.4 Å². The van der Waals surface area contributed by atoms with Crippen molar-refractivity contribution in [3.05, 3.63) is 65.5 Å². The molecular formula is C26H29F3N4O3S. The molecule has 2 aliphatic rings. The highest BCUT2D eigenvalue weighted by Gasteiger charge is 2.41. The van der Waals surface area contributed by atoms with Gasteiger partial charge in [0.15, 0.2) is 5.69 Å². The molecule has 198 valence electrons. The van der Waals surface area contributed by atoms with Gasteiger partial charge < -0.3 is 4.90 Å². The number of carbonyl (C=O) groups is 1. The van der Waals surface area contributed by atoms with Crippen LogP contribution in [0.5, 0.6) is 0 Å². The van der Waals surface area contributed by atoms with E-state index in [2.05, 4.69) is 5.10 Å².